The molecule has 3 aromatic carbocycles. The van der Waals surface area contributed by atoms with E-state index in [4.69, 9.17) is 11.6 Å². The van der Waals surface area contributed by atoms with Crippen LogP contribution in [0.15, 0.2) is 72.8 Å². The van der Waals surface area contributed by atoms with Crippen molar-refractivity contribution in [2.45, 2.75) is 38.9 Å². The van der Waals surface area contributed by atoms with Crippen LogP contribution in [-0.2, 0) is 19.5 Å². The first-order chi connectivity index (χ1) is 16.0. The quantitative estimate of drug-likeness (QED) is 0.306. The number of carboxylic acid groups (broad SMARTS) is 1. The maximum absolute atomic E-state index is 13.5. The summed E-state index contributed by atoms with van der Waals surface area (Å²) in [5.74, 6) is -1.43. The largest absolute Gasteiger partial charge is 0.477 e. The number of halogens is 2. The Morgan fingerprint density at radius 2 is 1.82 bits per heavy atom. The van der Waals surface area contributed by atoms with Crippen LogP contribution in [0, 0.1) is 5.82 Å². The number of aromatic nitrogens is 1. The number of para-hydroxylation sites is 1. The number of carbonyl (C=O) groups is 1. The molecule has 0 saturated heterocycles. The van der Waals surface area contributed by atoms with Gasteiger partial charge in [0.25, 0.3) is 0 Å². The van der Waals surface area contributed by atoms with Gasteiger partial charge in [-0.3, -0.25) is 0 Å². The fourth-order valence-corrected chi connectivity index (χ4v) is 4.52. The molecular weight excluding hydrogens is 439 g/mol. The highest BCUT2D eigenvalue weighted by Gasteiger charge is 2.23. The zero-order valence-corrected chi connectivity index (χ0v) is 19.1. The predicted octanol–water partition coefficient (Wildman–Crippen LogP) is 6.29. The normalized spacial score (nSPS) is 12.2. The molecule has 6 heteroatoms. The Balaban J connectivity index is 1.69. The molecule has 0 aliphatic rings. The molecule has 0 unspecified atom stereocenters. The molecule has 0 radical (unpaired) electrons. The van der Waals surface area contributed by atoms with E-state index in [1.807, 2.05) is 42.5 Å². The first-order valence-electron chi connectivity index (χ1n) is 11.0. The summed E-state index contributed by atoms with van der Waals surface area (Å²) in [4.78, 5) is 12.4. The third kappa shape index (κ3) is 5.10. The van der Waals surface area contributed by atoms with E-state index in [0.717, 1.165) is 29.3 Å². The van der Waals surface area contributed by atoms with Gasteiger partial charge in [0.2, 0.25) is 0 Å². The molecule has 0 fully saturated rings. The Morgan fingerprint density at radius 1 is 1.09 bits per heavy atom. The molecule has 1 aromatic heterocycles. The minimum Gasteiger partial charge on any atom is -0.477 e. The molecule has 0 spiro atoms. The standard InChI is InChI=1S/C27H26ClFN2O2/c1-2-21(14-18-8-4-3-5-9-18)30-16-23-22-10-6-7-11-25(22)31(26(23)27(32)33)17-19-12-13-20(29)15-24(19)28/h3-13,15,21,30H,2,14,16-17H2,1H3,(H,32,33)/t21-/m1/s1. The van der Waals surface area contributed by atoms with Crippen LogP contribution in [0.1, 0.15) is 40.5 Å². The Kier molecular flexibility index (Phi) is 7.11. The van der Waals surface area contributed by atoms with E-state index in [0.29, 0.717) is 12.1 Å². The number of benzene rings is 3. The van der Waals surface area contributed by atoms with Gasteiger partial charge in [-0.05, 0) is 42.2 Å². The van der Waals surface area contributed by atoms with Gasteiger partial charge >= 0.3 is 5.97 Å². The van der Waals surface area contributed by atoms with E-state index in [2.05, 4.69) is 24.4 Å². The van der Waals surface area contributed by atoms with Crippen molar-refractivity contribution in [1.82, 2.24) is 9.88 Å². The summed E-state index contributed by atoms with van der Waals surface area (Å²) in [6.45, 7) is 2.79. The van der Waals surface area contributed by atoms with Gasteiger partial charge in [-0.1, -0.05) is 73.1 Å². The van der Waals surface area contributed by atoms with Gasteiger partial charge in [-0.25, -0.2) is 9.18 Å². The van der Waals surface area contributed by atoms with Gasteiger partial charge in [0.05, 0.1) is 0 Å². The molecule has 4 nitrogen and oxygen atoms in total. The maximum Gasteiger partial charge on any atom is 0.352 e. The van der Waals surface area contributed by atoms with Gasteiger partial charge in [-0.15, -0.1) is 0 Å². The van der Waals surface area contributed by atoms with Crippen molar-refractivity contribution >= 4 is 28.5 Å². The van der Waals surface area contributed by atoms with Crippen molar-refractivity contribution in [3.63, 3.8) is 0 Å². The lowest BCUT2D eigenvalue weighted by Crippen LogP contribution is -2.30. The highest BCUT2D eigenvalue weighted by molar-refractivity contribution is 6.31. The third-order valence-corrected chi connectivity index (χ3v) is 6.36. The van der Waals surface area contributed by atoms with E-state index in [1.165, 1.54) is 17.7 Å². The second-order valence-electron chi connectivity index (χ2n) is 8.15. The lowest BCUT2D eigenvalue weighted by atomic mass is 10.0. The summed E-state index contributed by atoms with van der Waals surface area (Å²) >= 11 is 6.25. The first-order valence-corrected chi connectivity index (χ1v) is 11.4. The van der Waals surface area contributed by atoms with Gasteiger partial charge in [0.1, 0.15) is 11.5 Å². The summed E-state index contributed by atoms with van der Waals surface area (Å²) < 4.78 is 15.3. The Labute approximate surface area is 197 Å². The van der Waals surface area contributed by atoms with E-state index in [9.17, 15) is 14.3 Å². The molecule has 1 heterocycles. The minimum absolute atomic E-state index is 0.211. The second-order valence-corrected chi connectivity index (χ2v) is 8.55. The van der Waals surface area contributed by atoms with Gasteiger partial charge in [-0.2, -0.15) is 0 Å². The van der Waals surface area contributed by atoms with Crippen molar-refractivity contribution in [1.29, 1.82) is 0 Å². The van der Waals surface area contributed by atoms with Crippen LogP contribution in [0.4, 0.5) is 4.39 Å². The van der Waals surface area contributed by atoms with Crippen LogP contribution < -0.4 is 5.32 Å². The fraction of sp³-hybridized carbons (Fsp3) is 0.222. The molecule has 0 aliphatic heterocycles. The average Bonchev–Trinajstić information content (AvgIpc) is 3.12. The summed E-state index contributed by atoms with van der Waals surface area (Å²) in [6.07, 6.45) is 1.78. The number of aromatic carboxylic acids is 1. The smallest absolute Gasteiger partial charge is 0.352 e. The molecule has 33 heavy (non-hydrogen) atoms. The van der Waals surface area contributed by atoms with Crippen molar-refractivity contribution in [3.8, 4) is 0 Å². The van der Waals surface area contributed by atoms with E-state index in [1.54, 1.807) is 10.6 Å². The van der Waals surface area contributed by atoms with Crippen LogP contribution in [0.5, 0.6) is 0 Å². The highest BCUT2D eigenvalue weighted by Crippen LogP contribution is 2.29. The number of nitrogens with zero attached hydrogens (tertiary/aromatic N) is 1. The molecule has 4 rings (SSSR count). The van der Waals surface area contributed by atoms with Crippen LogP contribution >= 0.6 is 11.6 Å². The van der Waals surface area contributed by atoms with Crippen molar-refractivity contribution in [2.24, 2.45) is 0 Å². The van der Waals surface area contributed by atoms with E-state index in [-0.39, 0.29) is 23.3 Å². The molecule has 0 bridgehead atoms. The molecular formula is C27H26ClFN2O2. The molecule has 170 valence electrons. The van der Waals surface area contributed by atoms with Crippen molar-refractivity contribution < 1.29 is 14.3 Å². The molecule has 0 saturated carbocycles. The van der Waals surface area contributed by atoms with Crippen LogP contribution in [0.3, 0.4) is 0 Å². The third-order valence-electron chi connectivity index (χ3n) is 6.01. The number of hydrogen-bond donors (Lipinski definition) is 2. The number of rotatable bonds is 9. The van der Waals surface area contributed by atoms with Crippen LogP contribution in [0.25, 0.3) is 10.9 Å². The topological polar surface area (TPSA) is 54.3 Å². The van der Waals surface area contributed by atoms with Crippen LogP contribution in [-0.4, -0.2) is 21.7 Å². The lowest BCUT2D eigenvalue weighted by molar-refractivity contribution is 0.0684. The molecule has 2 N–H and O–H groups in total. The fourth-order valence-electron chi connectivity index (χ4n) is 4.29. The van der Waals surface area contributed by atoms with Crippen molar-refractivity contribution in [3.05, 3.63) is 106 Å². The molecule has 0 amide bonds. The predicted molar refractivity (Wildman–Crippen MR) is 130 cm³/mol. The monoisotopic (exact) mass is 464 g/mol. The van der Waals surface area contributed by atoms with Crippen LogP contribution in [0.2, 0.25) is 5.02 Å². The number of carboxylic acids is 1. The first kappa shape index (κ1) is 23.0. The summed E-state index contributed by atoms with van der Waals surface area (Å²) in [5.41, 5.74) is 3.67. The molecule has 0 aliphatic carbocycles. The average molecular weight is 465 g/mol. The number of hydrogen-bond acceptors (Lipinski definition) is 2. The summed E-state index contributed by atoms with van der Waals surface area (Å²) in [6, 6.07) is 22.3. The second kappa shape index (κ2) is 10.2. The zero-order chi connectivity index (χ0) is 23.4. The van der Waals surface area contributed by atoms with Gasteiger partial charge in [0.15, 0.2) is 0 Å². The summed E-state index contributed by atoms with van der Waals surface area (Å²) in [7, 11) is 0. The summed E-state index contributed by atoms with van der Waals surface area (Å²) in [5, 5.41) is 14.9. The zero-order valence-electron chi connectivity index (χ0n) is 18.4. The SMILES string of the molecule is CC[C@H](Cc1ccccc1)NCc1c(C(=O)O)n(Cc2ccc(F)cc2Cl)c2ccccc12. The maximum atomic E-state index is 13.5. The molecule has 4 aromatic rings. The molecule has 1 atom stereocenters. The Hall–Kier alpha value is -3.15. The van der Waals surface area contributed by atoms with Gasteiger partial charge < -0.3 is 15.0 Å². The van der Waals surface area contributed by atoms with Gasteiger partial charge in [0, 0.05) is 40.6 Å². The minimum atomic E-state index is -1.00. The van der Waals surface area contributed by atoms with E-state index >= 15 is 0 Å². The Morgan fingerprint density at radius 3 is 2.52 bits per heavy atom. The lowest BCUT2D eigenvalue weighted by Gasteiger charge is -2.17. The number of fused-ring (bicyclic) bond motifs is 1. The Bertz CT molecular complexity index is 1270. The highest BCUT2D eigenvalue weighted by atomic mass is 35.5. The number of nitrogens with one attached hydrogen (secondary N) is 1. The van der Waals surface area contributed by atoms with Crippen molar-refractivity contribution in [2.75, 3.05) is 0 Å². The van der Waals surface area contributed by atoms with E-state index < -0.39 is 11.8 Å².